The fourth-order valence-electron chi connectivity index (χ4n) is 3.10. The number of hydrogen-bond acceptors (Lipinski definition) is 3. The van der Waals surface area contributed by atoms with Crippen LogP contribution in [0.25, 0.3) is 0 Å². The smallest absolute Gasteiger partial charge is 0.242 e. The zero-order chi connectivity index (χ0) is 21.6. The normalized spacial score (nSPS) is 11.8. The molecule has 1 heterocycles. The van der Waals surface area contributed by atoms with Crippen LogP contribution in [0.2, 0.25) is 10.0 Å². The van der Waals surface area contributed by atoms with Crippen molar-refractivity contribution in [3.05, 3.63) is 112 Å². The maximum atomic E-state index is 13.2. The van der Waals surface area contributed by atoms with Crippen LogP contribution in [0, 0.1) is 0 Å². The van der Waals surface area contributed by atoms with E-state index in [1.807, 2.05) is 60.7 Å². The topological polar surface area (TPSA) is 46.9 Å². The number of rotatable bonds is 7. The van der Waals surface area contributed by atoms with Crippen molar-refractivity contribution in [2.24, 2.45) is 0 Å². The van der Waals surface area contributed by atoms with Gasteiger partial charge in [-0.3, -0.25) is 9.48 Å². The van der Waals surface area contributed by atoms with Crippen LogP contribution < -0.4 is 5.32 Å². The second kappa shape index (κ2) is 10.1. The van der Waals surface area contributed by atoms with Gasteiger partial charge in [-0.1, -0.05) is 77.8 Å². The zero-order valence-corrected chi connectivity index (χ0v) is 18.7. The summed E-state index contributed by atoms with van der Waals surface area (Å²) in [4.78, 5) is 14.2. The molecule has 0 saturated heterocycles. The van der Waals surface area contributed by atoms with Crippen LogP contribution in [0.5, 0.6) is 0 Å². The van der Waals surface area contributed by atoms with E-state index in [1.165, 1.54) is 11.8 Å². The fourth-order valence-corrected chi connectivity index (χ4v) is 4.67. The molecule has 1 atom stereocenters. The average Bonchev–Trinajstić information content (AvgIpc) is 3.23. The summed E-state index contributed by atoms with van der Waals surface area (Å²) in [6.07, 6.45) is 3.39. The summed E-state index contributed by atoms with van der Waals surface area (Å²) < 4.78 is 1.70. The highest BCUT2D eigenvalue weighted by atomic mass is 35.5. The first-order valence-corrected chi connectivity index (χ1v) is 11.3. The number of carbonyl (C=O) groups is 1. The highest BCUT2D eigenvalue weighted by molar-refractivity contribution is 8.00. The minimum Gasteiger partial charge on any atom is -0.322 e. The average molecular weight is 468 g/mol. The molecule has 3 aromatic carbocycles. The third-order valence-electron chi connectivity index (χ3n) is 4.62. The molecule has 1 amide bonds. The van der Waals surface area contributed by atoms with Crippen LogP contribution in [-0.4, -0.2) is 15.7 Å². The lowest BCUT2D eigenvalue weighted by atomic mass is 10.1. The van der Waals surface area contributed by atoms with Crippen molar-refractivity contribution in [1.29, 1.82) is 0 Å². The highest BCUT2D eigenvalue weighted by Gasteiger charge is 2.22. The van der Waals surface area contributed by atoms with E-state index in [0.717, 1.165) is 16.0 Å². The third kappa shape index (κ3) is 5.50. The number of benzene rings is 3. The summed E-state index contributed by atoms with van der Waals surface area (Å²) in [5.74, 6) is -0.115. The van der Waals surface area contributed by atoms with Crippen LogP contribution in [-0.2, 0) is 11.3 Å². The molecule has 31 heavy (non-hydrogen) atoms. The Kier molecular flexibility index (Phi) is 6.97. The number of halogens is 2. The molecule has 0 saturated carbocycles. The molecule has 0 fully saturated rings. The van der Waals surface area contributed by atoms with Gasteiger partial charge in [0.2, 0.25) is 5.91 Å². The van der Waals surface area contributed by atoms with Gasteiger partial charge in [-0.15, -0.1) is 11.8 Å². The van der Waals surface area contributed by atoms with E-state index in [4.69, 9.17) is 23.2 Å². The van der Waals surface area contributed by atoms with Crippen LogP contribution >= 0.6 is 35.0 Å². The number of thioether (sulfide) groups is 1. The predicted octanol–water partition coefficient (Wildman–Crippen LogP) is 6.71. The van der Waals surface area contributed by atoms with Gasteiger partial charge in [-0.2, -0.15) is 5.10 Å². The Morgan fingerprint density at radius 3 is 2.26 bits per heavy atom. The Morgan fingerprint density at radius 2 is 1.58 bits per heavy atom. The molecular formula is C24H19Cl2N3OS. The maximum Gasteiger partial charge on any atom is 0.242 e. The summed E-state index contributed by atoms with van der Waals surface area (Å²) >= 11 is 14.0. The second-order valence-electron chi connectivity index (χ2n) is 6.84. The molecule has 0 aliphatic carbocycles. The molecule has 4 nitrogen and oxygen atoms in total. The molecule has 0 aliphatic heterocycles. The maximum absolute atomic E-state index is 13.2. The van der Waals surface area contributed by atoms with Gasteiger partial charge in [0.15, 0.2) is 0 Å². The van der Waals surface area contributed by atoms with Crippen molar-refractivity contribution < 1.29 is 4.79 Å². The largest absolute Gasteiger partial charge is 0.322 e. The standard InChI is InChI=1S/C24H19Cl2N3OS/c25-21-12-7-13-22(26)20(21)16-29-15-18(14-27-29)28-24(30)23(17-8-3-1-4-9-17)31-19-10-5-2-6-11-19/h1-15,23H,16H2,(H,28,30). The van der Waals surface area contributed by atoms with E-state index in [0.29, 0.717) is 22.3 Å². The van der Waals surface area contributed by atoms with Crippen LogP contribution in [0.1, 0.15) is 16.4 Å². The number of carbonyl (C=O) groups excluding carboxylic acids is 1. The quantitative estimate of drug-likeness (QED) is 0.307. The third-order valence-corrected chi connectivity index (χ3v) is 6.59. The minimum atomic E-state index is -0.398. The van der Waals surface area contributed by atoms with E-state index in [-0.39, 0.29) is 5.91 Å². The van der Waals surface area contributed by atoms with Gasteiger partial charge in [-0.25, -0.2) is 0 Å². The molecule has 1 N–H and O–H groups in total. The molecule has 1 unspecified atom stereocenters. The van der Waals surface area contributed by atoms with E-state index in [9.17, 15) is 4.79 Å². The Labute approximate surface area is 195 Å². The van der Waals surface area contributed by atoms with Crippen molar-refractivity contribution in [3.63, 3.8) is 0 Å². The van der Waals surface area contributed by atoms with Gasteiger partial charge in [0.25, 0.3) is 0 Å². The molecule has 7 heteroatoms. The molecule has 4 rings (SSSR count). The van der Waals surface area contributed by atoms with Gasteiger partial charge in [-0.05, 0) is 29.8 Å². The van der Waals surface area contributed by atoms with Gasteiger partial charge < -0.3 is 5.32 Å². The lowest BCUT2D eigenvalue weighted by molar-refractivity contribution is -0.115. The highest BCUT2D eigenvalue weighted by Crippen LogP contribution is 2.36. The Balaban J connectivity index is 1.51. The molecular weight excluding hydrogens is 449 g/mol. The molecule has 0 radical (unpaired) electrons. The first kappa shape index (κ1) is 21.5. The molecule has 0 spiro atoms. The Morgan fingerprint density at radius 1 is 0.935 bits per heavy atom. The monoisotopic (exact) mass is 467 g/mol. The van der Waals surface area contributed by atoms with Crippen molar-refractivity contribution in [2.45, 2.75) is 16.7 Å². The van der Waals surface area contributed by atoms with E-state index in [2.05, 4.69) is 10.4 Å². The molecule has 1 aromatic heterocycles. The Bertz CT molecular complexity index is 1150. The summed E-state index contributed by atoms with van der Waals surface area (Å²) in [7, 11) is 0. The number of aromatic nitrogens is 2. The molecule has 4 aromatic rings. The summed E-state index contributed by atoms with van der Waals surface area (Å²) in [6.45, 7) is 0.412. The van der Waals surface area contributed by atoms with Crippen LogP contribution in [0.15, 0.2) is 96.2 Å². The van der Waals surface area contributed by atoms with Gasteiger partial charge in [0.05, 0.1) is 18.4 Å². The molecule has 0 bridgehead atoms. The minimum absolute atomic E-state index is 0.115. The molecule has 0 aliphatic rings. The van der Waals surface area contributed by atoms with Crippen molar-refractivity contribution in [2.75, 3.05) is 5.32 Å². The van der Waals surface area contributed by atoms with E-state index >= 15 is 0 Å². The Hall–Kier alpha value is -2.73. The molecule has 156 valence electrons. The van der Waals surface area contributed by atoms with E-state index < -0.39 is 5.25 Å². The number of nitrogens with zero attached hydrogens (tertiary/aromatic N) is 2. The predicted molar refractivity (Wildman–Crippen MR) is 128 cm³/mol. The fraction of sp³-hybridized carbons (Fsp3) is 0.0833. The number of amides is 1. The van der Waals surface area contributed by atoms with Gasteiger partial charge in [0.1, 0.15) is 5.25 Å². The van der Waals surface area contributed by atoms with Crippen LogP contribution in [0.3, 0.4) is 0 Å². The van der Waals surface area contributed by atoms with Crippen LogP contribution in [0.4, 0.5) is 5.69 Å². The first-order chi connectivity index (χ1) is 15.1. The lowest BCUT2D eigenvalue weighted by Crippen LogP contribution is -2.18. The lowest BCUT2D eigenvalue weighted by Gasteiger charge is -2.16. The summed E-state index contributed by atoms with van der Waals surface area (Å²) in [6, 6.07) is 25.0. The van der Waals surface area contributed by atoms with E-state index in [1.54, 1.807) is 35.3 Å². The first-order valence-electron chi connectivity index (χ1n) is 9.63. The summed E-state index contributed by atoms with van der Waals surface area (Å²) in [5, 5.41) is 8.09. The van der Waals surface area contributed by atoms with Crippen molar-refractivity contribution in [1.82, 2.24) is 9.78 Å². The SMILES string of the molecule is O=C(Nc1cnn(Cc2c(Cl)cccc2Cl)c1)C(Sc1ccccc1)c1ccccc1. The van der Waals surface area contributed by atoms with Crippen molar-refractivity contribution in [3.8, 4) is 0 Å². The number of hydrogen-bond donors (Lipinski definition) is 1. The van der Waals surface area contributed by atoms with Gasteiger partial charge in [0, 0.05) is 26.7 Å². The van der Waals surface area contributed by atoms with Crippen molar-refractivity contribution >= 4 is 46.6 Å². The summed E-state index contributed by atoms with van der Waals surface area (Å²) in [5.41, 5.74) is 2.33. The second-order valence-corrected chi connectivity index (χ2v) is 8.83. The number of anilines is 1. The zero-order valence-electron chi connectivity index (χ0n) is 16.4. The number of nitrogens with one attached hydrogen (secondary N) is 1. The van der Waals surface area contributed by atoms with Gasteiger partial charge >= 0.3 is 0 Å².